The molecule has 0 spiro atoms. The minimum absolute atomic E-state index is 0.0848. The lowest BCUT2D eigenvalue weighted by molar-refractivity contribution is -0.140. The highest BCUT2D eigenvalue weighted by Gasteiger charge is 2.47. The van der Waals surface area contributed by atoms with Crippen LogP contribution < -0.4 is 4.74 Å². The number of benzene rings is 1. The number of aryl methyl sites for hydroxylation is 1. The third kappa shape index (κ3) is 3.75. The van der Waals surface area contributed by atoms with E-state index < -0.39 is 17.7 Å². The summed E-state index contributed by atoms with van der Waals surface area (Å²) in [5.41, 5.74) is 1.47. The summed E-state index contributed by atoms with van der Waals surface area (Å²) in [4.78, 5) is 28.3. The van der Waals surface area contributed by atoms with Crippen LogP contribution in [0.1, 0.15) is 41.8 Å². The van der Waals surface area contributed by atoms with Crippen LogP contribution in [0.2, 0.25) is 0 Å². The van der Waals surface area contributed by atoms with Gasteiger partial charge in [-0.3, -0.25) is 9.59 Å². The van der Waals surface area contributed by atoms with Gasteiger partial charge in [-0.2, -0.15) is 0 Å². The Hall–Kier alpha value is -2.64. The Morgan fingerprint density at radius 1 is 1.33 bits per heavy atom. The fraction of sp³-hybridized carbons (Fsp3) is 0.391. The van der Waals surface area contributed by atoms with E-state index in [0.717, 1.165) is 29.0 Å². The first-order valence-corrected chi connectivity index (χ1v) is 11.1. The molecule has 0 saturated carbocycles. The molecule has 2 atom stereocenters. The van der Waals surface area contributed by atoms with Crippen molar-refractivity contribution in [2.75, 3.05) is 19.8 Å². The third-order valence-electron chi connectivity index (χ3n) is 5.53. The predicted octanol–water partition coefficient (Wildman–Crippen LogP) is 4.06. The van der Waals surface area contributed by atoms with Gasteiger partial charge >= 0.3 is 0 Å². The summed E-state index contributed by atoms with van der Waals surface area (Å²) in [6.07, 6.45) is 1.72. The zero-order valence-corrected chi connectivity index (χ0v) is 17.9. The van der Waals surface area contributed by atoms with Crippen LogP contribution in [0.25, 0.3) is 5.76 Å². The molecule has 0 radical (unpaired) electrons. The molecule has 2 unspecified atom stereocenters. The smallest absolute Gasteiger partial charge is 0.295 e. The van der Waals surface area contributed by atoms with E-state index in [2.05, 4.69) is 0 Å². The Morgan fingerprint density at radius 2 is 2.17 bits per heavy atom. The molecule has 1 amide bonds. The number of carbonyl (C=O) groups is 2. The van der Waals surface area contributed by atoms with Gasteiger partial charge in [-0.25, -0.2) is 0 Å². The average molecular weight is 428 g/mol. The van der Waals surface area contributed by atoms with E-state index in [-0.39, 0.29) is 17.4 Å². The number of likely N-dealkylation sites (tertiary alicyclic amines) is 1. The van der Waals surface area contributed by atoms with Crippen LogP contribution in [0.5, 0.6) is 5.75 Å². The summed E-state index contributed by atoms with van der Waals surface area (Å²) >= 11 is 1.46. The van der Waals surface area contributed by atoms with Crippen LogP contribution in [-0.2, 0) is 14.3 Å². The predicted molar refractivity (Wildman–Crippen MR) is 115 cm³/mol. The number of nitrogens with zero attached hydrogens (tertiary/aromatic N) is 1. The van der Waals surface area contributed by atoms with Gasteiger partial charge in [0.15, 0.2) is 0 Å². The number of thiophene rings is 1. The van der Waals surface area contributed by atoms with E-state index >= 15 is 0 Å². The normalized spacial score (nSPS) is 23.3. The number of Topliss-reactive ketones (excluding diaryl/α,β-unsaturated/α-hetero) is 1. The Balaban J connectivity index is 1.76. The second-order valence-corrected chi connectivity index (χ2v) is 8.49. The van der Waals surface area contributed by atoms with Crippen molar-refractivity contribution in [1.82, 2.24) is 4.90 Å². The lowest BCUT2D eigenvalue weighted by Gasteiger charge is -2.26. The molecule has 1 aromatic heterocycles. The van der Waals surface area contributed by atoms with E-state index in [1.54, 1.807) is 23.1 Å². The van der Waals surface area contributed by atoms with Gasteiger partial charge in [-0.05, 0) is 61.9 Å². The van der Waals surface area contributed by atoms with Crippen LogP contribution in [0.4, 0.5) is 0 Å². The molecule has 2 aromatic rings. The van der Waals surface area contributed by atoms with Crippen molar-refractivity contribution in [1.29, 1.82) is 0 Å². The van der Waals surface area contributed by atoms with Crippen LogP contribution in [-0.4, -0.2) is 47.6 Å². The molecular weight excluding hydrogens is 402 g/mol. The Labute approximate surface area is 179 Å². The molecule has 30 heavy (non-hydrogen) atoms. The van der Waals surface area contributed by atoms with Crippen molar-refractivity contribution >= 4 is 28.8 Å². The highest BCUT2D eigenvalue weighted by Crippen LogP contribution is 2.42. The second kappa shape index (κ2) is 8.62. The largest absolute Gasteiger partial charge is 0.507 e. The first-order valence-electron chi connectivity index (χ1n) is 10.2. The molecule has 7 heteroatoms. The topological polar surface area (TPSA) is 76.1 Å². The number of hydrogen-bond acceptors (Lipinski definition) is 6. The fourth-order valence-corrected chi connectivity index (χ4v) is 4.93. The van der Waals surface area contributed by atoms with Gasteiger partial charge in [0.2, 0.25) is 0 Å². The molecule has 3 heterocycles. The highest BCUT2D eigenvalue weighted by atomic mass is 32.1. The zero-order chi connectivity index (χ0) is 21.3. The van der Waals surface area contributed by atoms with Gasteiger partial charge < -0.3 is 19.5 Å². The van der Waals surface area contributed by atoms with Crippen LogP contribution in [0, 0.1) is 6.92 Å². The second-order valence-electron chi connectivity index (χ2n) is 7.52. The van der Waals surface area contributed by atoms with Crippen LogP contribution >= 0.6 is 11.3 Å². The Morgan fingerprint density at radius 3 is 2.80 bits per heavy atom. The molecule has 1 N–H and O–H groups in total. The summed E-state index contributed by atoms with van der Waals surface area (Å²) < 4.78 is 11.3. The molecule has 158 valence electrons. The minimum atomic E-state index is -0.657. The molecule has 0 aliphatic carbocycles. The van der Waals surface area contributed by atoms with E-state index in [4.69, 9.17) is 9.47 Å². The standard InChI is InChI=1S/C23H25NO5S/c1-3-28-17-9-8-15(12-14(17)2)21(25)19-20(18-7-5-11-30-18)24(23(27)22(19)26)13-16-6-4-10-29-16/h5,7-9,11-12,16,20,25H,3-4,6,10,13H2,1-2H3/b21-19-. The average Bonchev–Trinajstić information content (AvgIpc) is 3.48. The van der Waals surface area contributed by atoms with Crippen molar-refractivity contribution < 1.29 is 24.2 Å². The van der Waals surface area contributed by atoms with Gasteiger partial charge in [0.1, 0.15) is 11.5 Å². The maximum atomic E-state index is 13.0. The first kappa shape index (κ1) is 20.6. The molecule has 2 fully saturated rings. The lowest BCUT2D eigenvalue weighted by atomic mass is 9.98. The quantitative estimate of drug-likeness (QED) is 0.428. The molecule has 2 aliphatic heterocycles. The van der Waals surface area contributed by atoms with Gasteiger partial charge in [0, 0.05) is 23.6 Å². The summed E-state index contributed by atoms with van der Waals surface area (Å²) in [5.74, 6) is -0.682. The monoisotopic (exact) mass is 427 g/mol. The molecule has 2 aliphatic rings. The third-order valence-corrected chi connectivity index (χ3v) is 6.45. The van der Waals surface area contributed by atoms with E-state index in [0.29, 0.717) is 25.3 Å². The molecule has 4 rings (SSSR count). The zero-order valence-electron chi connectivity index (χ0n) is 17.1. The minimum Gasteiger partial charge on any atom is -0.507 e. The van der Waals surface area contributed by atoms with Gasteiger partial charge in [0.05, 0.1) is 24.3 Å². The van der Waals surface area contributed by atoms with Crippen molar-refractivity contribution in [2.45, 2.75) is 38.8 Å². The molecule has 1 aromatic carbocycles. The number of rotatable bonds is 6. The maximum Gasteiger partial charge on any atom is 0.295 e. The SMILES string of the molecule is CCOc1ccc(/C(O)=C2/C(=O)C(=O)N(CC3CCCO3)C2c2cccs2)cc1C. The summed E-state index contributed by atoms with van der Waals surface area (Å²) in [6.45, 7) is 5.34. The van der Waals surface area contributed by atoms with Crippen molar-refractivity contribution in [2.24, 2.45) is 0 Å². The molecular formula is C23H25NO5S. The molecule has 2 saturated heterocycles. The number of aliphatic hydroxyl groups excluding tert-OH is 1. The molecule has 6 nitrogen and oxygen atoms in total. The van der Waals surface area contributed by atoms with Crippen LogP contribution in [0.3, 0.4) is 0 Å². The van der Waals surface area contributed by atoms with Gasteiger partial charge in [0.25, 0.3) is 11.7 Å². The Bertz CT molecular complexity index is 975. The van der Waals surface area contributed by atoms with Crippen molar-refractivity contribution in [3.63, 3.8) is 0 Å². The number of amides is 1. The Kier molecular flexibility index (Phi) is 5.92. The number of aliphatic hydroxyl groups is 1. The van der Waals surface area contributed by atoms with Crippen molar-refractivity contribution in [3.05, 3.63) is 57.3 Å². The lowest BCUT2D eigenvalue weighted by Crippen LogP contribution is -2.36. The van der Waals surface area contributed by atoms with Crippen LogP contribution in [0.15, 0.2) is 41.3 Å². The van der Waals surface area contributed by atoms with Crippen molar-refractivity contribution in [3.8, 4) is 5.75 Å². The number of ether oxygens (including phenoxy) is 2. The number of hydrogen-bond donors (Lipinski definition) is 1. The maximum absolute atomic E-state index is 13.0. The fourth-order valence-electron chi connectivity index (χ4n) is 4.09. The number of ketones is 1. The first-order chi connectivity index (χ1) is 14.5. The summed E-state index contributed by atoms with van der Waals surface area (Å²) in [7, 11) is 0. The summed E-state index contributed by atoms with van der Waals surface area (Å²) in [5, 5.41) is 13.0. The van der Waals surface area contributed by atoms with E-state index in [1.165, 1.54) is 11.3 Å². The van der Waals surface area contributed by atoms with Gasteiger partial charge in [-0.15, -0.1) is 11.3 Å². The molecule has 0 bridgehead atoms. The number of carbonyl (C=O) groups excluding carboxylic acids is 2. The van der Waals surface area contributed by atoms with E-state index in [9.17, 15) is 14.7 Å². The summed E-state index contributed by atoms with van der Waals surface area (Å²) in [6, 6.07) is 8.43. The highest BCUT2D eigenvalue weighted by molar-refractivity contribution is 7.10. The van der Waals surface area contributed by atoms with Gasteiger partial charge in [-0.1, -0.05) is 6.07 Å². The van der Waals surface area contributed by atoms with E-state index in [1.807, 2.05) is 31.4 Å².